The molecule has 1 unspecified atom stereocenters. The number of fused-ring (bicyclic) bond motifs is 6. The lowest BCUT2D eigenvalue weighted by atomic mass is 9.82. The van der Waals surface area contributed by atoms with Crippen LogP contribution in [0.25, 0.3) is 33.5 Å². The molecule has 2 aromatic heterocycles. The number of hydrogen-bond donors (Lipinski definition) is 2. The fourth-order valence-electron chi connectivity index (χ4n) is 5.47. The van der Waals surface area contributed by atoms with Crippen molar-refractivity contribution in [3.8, 4) is 0 Å². The maximum Gasteiger partial charge on any atom is 0.0513 e. The van der Waals surface area contributed by atoms with Gasteiger partial charge in [-0.25, -0.2) is 0 Å². The topological polar surface area (TPSA) is 31.6 Å². The lowest BCUT2D eigenvalue weighted by molar-refractivity contribution is 0.992. The fourth-order valence-corrected chi connectivity index (χ4v) is 5.47. The van der Waals surface area contributed by atoms with E-state index in [1.54, 1.807) is 0 Å². The van der Waals surface area contributed by atoms with E-state index in [0.717, 1.165) is 0 Å². The zero-order chi connectivity index (χ0) is 21.8. The lowest BCUT2D eigenvalue weighted by Crippen LogP contribution is -2.05. The molecule has 0 saturated heterocycles. The molecule has 0 fully saturated rings. The van der Waals surface area contributed by atoms with Gasteiger partial charge in [-0.15, -0.1) is 0 Å². The average molecular weight is 423 g/mol. The third-order valence-electron chi connectivity index (χ3n) is 6.88. The van der Waals surface area contributed by atoms with Crippen LogP contribution in [0, 0.1) is 0 Å². The van der Waals surface area contributed by atoms with Crippen molar-refractivity contribution in [2.24, 2.45) is 0 Å². The highest BCUT2D eigenvalue weighted by Gasteiger charge is 2.32. The second kappa shape index (κ2) is 7.11. The highest BCUT2D eigenvalue weighted by atomic mass is 14.8. The van der Waals surface area contributed by atoms with E-state index in [1.165, 1.54) is 61.0 Å². The Morgan fingerprint density at radius 1 is 0.515 bits per heavy atom. The van der Waals surface area contributed by atoms with Gasteiger partial charge in [-0.2, -0.15) is 0 Å². The SMILES string of the molecule is C1=C(c2ccccc2)c2[nH]c3ccccc3c2C(c2ccccc2)c2c1[nH]c1ccccc21. The van der Waals surface area contributed by atoms with Gasteiger partial charge in [0.25, 0.3) is 0 Å². The van der Waals surface area contributed by atoms with Crippen LogP contribution in [0.2, 0.25) is 0 Å². The molecule has 0 radical (unpaired) electrons. The molecule has 2 N–H and O–H groups in total. The Morgan fingerprint density at radius 2 is 1.09 bits per heavy atom. The van der Waals surface area contributed by atoms with Crippen LogP contribution in [0.5, 0.6) is 0 Å². The van der Waals surface area contributed by atoms with Crippen molar-refractivity contribution in [1.82, 2.24) is 9.97 Å². The summed E-state index contributed by atoms with van der Waals surface area (Å²) < 4.78 is 0. The minimum absolute atomic E-state index is 0.112. The van der Waals surface area contributed by atoms with Crippen molar-refractivity contribution in [2.75, 3.05) is 0 Å². The predicted octanol–water partition coefficient (Wildman–Crippen LogP) is 7.73. The molecule has 1 aliphatic carbocycles. The molecule has 2 heterocycles. The molecule has 33 heavy (non-hydrogen) atoms. The minimum atomic E-state index is 0.112. The number of rotatable bonds is 2. The number of H-pyrrole nitrogens is 2. The van der Waals surface area contributed by atoms with E-state index < -0.39 is 0 Å². The molecule has 4 aromatic carbocycles. The largest absolute Gasteiger partial charge is 0.355 e. The van der Waals surface area contributed by atoms with Crippen LogP contribution < -0.4 is 0 Å². The van der Waals surface area contributed by atoms with E-state index in [4.69, 9.17) is 0 Å². The smallest absolute Gasteiger partial charge is 0.0513 e. The molecule has 0 bridgehead atoms. The van der Waals surface area contributed by atoms with Crippen molar-refractivity contribution in [3.05, 3.63) is 143 Å². The summed E-state index contributed by atoms with van der Waals surface area (Å²) in [5.74, 6) is 0.112. The van der Waals surface area contributed by atoms with Gasteiger partial charge in [0.15, 0.2) is 0 Å². The van der Waals surface area contributed by atoms with E-state index in [-0.39, 0.29) is 5.92 Å². The Bertz CT molecular complexity index is 1650. The van der Waals surface area contributed by atoms with Gasteiger partial charge in [0.2, 0.25) is 0 Å². The molecule has 2 nitrogen and oxygen atoms in total. The zero-order valence-electron chi connectivity index (χ0n) is 18.0. The number of benzene rings is 4. The fraction of sp³-hybridized carbons (Fsp3) is 0.0323. The van der Waals surface area contributed by atoms with Crippen molar-refractivity contribution >= 4 is 33.5 Å². The van der Waals surface area contributed by atoms with Gasteiger partial charge in [-0.1, -0.05) is 97.1 Å². The molecule has 2 heteroatoms. The highest BCUT2D eigenvalue weighted by molar-refractivity contribution is 6.03. The van der Waals surface area contributed by atoms with Crippen molar-refractivity contribution in [3.63, 3.8) is 0 Å². The first kappa shape index (κ1) is 18.3. The minimum Gasteiger partial charge on any atom is -0.355 e. The van der Waals surface area contributed by atoms with E-state index in [1.807, 2.05) is 0 Å². The average Bonchev–Trinajstić information content (AvgIpc) is 3.39. The second-order valence-electron chi connectivity index (χ2n) is 8.72. The van der Waals surface area contributed by atoms with Crippen molar-refractivity contribution in [1.29, 1.82) is 0 Å². The Balaban J connectivity index is 1.67. The van der Waals surface area contributed by atoms with Gasteiger partial charge in [0.05, 0.1) is 5.69 Å². The van der Waals surface area contributed by atoms with Crippen molar-refractivity contribution < 1.29 is 0 Å². The van der Waals surface area contributed by atoms with Crippen LogP contribution in [0.1, 0.15) is 39.6 Å². The Kier molecular flexibility index (Phi) is 3.94. The number of para-hydroxylation sites is 2. The van der Waals surface area contributed by atoms with Crippen LogP contribution in [-0.4, -0.2) is 9.97 Å². The Morgan fingerprint density at radius 3 is 1.82 bits per heavy atom. The van der Waals surface area contributed by atoms with E-state index >= 15 is 0 Å². The quantitative estimate of drug-likeness (QED) is 0.286. The highest BCUT2D eigenvalue weighted by Crippen LogP contribution is 2.48. The standard InChI is InChI=1S/C31H22N2/c1-3-11-20(12-4-1)24-19-27-29(22-15-7-9-17-25(22)32-27)28(21-13-5-2-6-14-21)30-23-16-8-10-18-26(23)33-31(24)30/h1-19,28,32-33H. The molecule has 0 spiro atoms. The summed E-state index contributed by atoms with van der Waals surface area (Å²) in [7, 11) is 0. The summed E-state index contributed by atoms with van der Waals surface area (Å²) >= 11 is 0. The van der Waals surface area contributed by atoms with Crippen LogP contribution in [0.15, 0.2) is 109 Å². The number of aromatic nitrogens is 2. The van der Waals surface area contributed by atoms with Gasteiger partial charge in [0, 0.05) is 39.0 Å². The lowest BCUT2D eigenvalue weighted by Gasteiger charge is -2.19. The third-order valence-corrected chi connectivity index (χ3v) is 6.88. The molecule has 0 amide bonds. The summed E-state index contributed by atoms with van der Waals surface area (Å²) in [4.78, 5) is 7.53. The molecule has 1 aliphatic rings. The molecule has 1 atom stereocenters. The number of nitrogens with one attached hydrogen (secondary N) is 2. The first-order valence-corrected chi connectivity index (χ1v) is 11.4. The first-order valence-electron chi connectivity index (χ1n) is 11.4. The molecule has 156 valence electrons. The maximum atomic E-state index is 3.79. The number of hydrogen-bond acceptors (Lipinski definition) is 0. The summed E-state index contributed by atoms with van der Waals surface area (Å²) in [5.41, 5.74) is 11.1. The Hall–Kier alpha value is -4.30. The van der Waals surface area contributed by atoms with Crippen LogP contribution in [0.4, 0.5) is 0 Å². The summed E-state index contributed by atoms with van der Waals surface area (Å²) in [6.07, 6.45) is 2.34. The summed E-state index contributed by atoms with van der Waals surface area (Å²) in [5, 5.41) is 2.56. The third kappa shape index (κ3) is 2.74. The van der Waals surface area contributed by atoms with Crippen molar-refractivity contribution in [2.45, 2.75) is 5.92 Å². The van der Waals surface area contributed by atoms with Crippen LogP contribution >= 0.6 is 0 Å². The molecular formula is C31H22N2. The second-order valence-corrected chi connectivity index (χ2v) is 8.72. The summed E-state index contributed by atoms with van der Waals surface area (Å²) in [6.45, 7) is 0. The normalized spacial score (nSPS) is 15.2. The van der Waals surface area contributed by atoms with Crippen LogP contribution in [0.3, 0.4) is 0 Å². The first-order chi connectivity index (χ1) is 16.4. The molecule has 6 aromatic rings. The molecular weight excluding hydrogens is 400 g/mol. The monoisotopic (exact) mass is 422 g/mol. The van der Waals surface area contributed by atoms with Crippen LogP contribution in [-0.2, 0) is 0 Å². The Labute approximate surface area is 192 Å². The predicted molar refractivity (Wildman–Crippen MR) is 137 cm³/mol. The maximum absolute atomic E-state index is 3.79. The van der Waals surface area contributed by atoms with Gasteiger partial charge in [0.1, 0.15) is 0 Å². The van der Waals surface area contributed by atoms with Gasteiger partial charge in [-0.3, -0.25) is 0 Å². The summed E-state index contributed by atoms with van der Waals surface area (Å²) in [6, 6.07) is 39.0. The molecule has 7 rings (SSSR count). The van der Waals surface area contributed by atoms with E-state index in [0.29, 0.717) is 0 Å². The number of aromatic amines is 2. The van der Waals surface area contributed by atoms with E-state index in [9.17, 15) is 0 Å². The van der Waals surface area contributed by atoms with Gasteiger partial charge >= 0.3 is 0 Å². The molecule has 0 aliphatic heterocycles. The van der Waals surface area contributed by atoms with E-state index in [2.05, 4.69) is 125 Å². The van der Waals surface area contributed by atoms with Gasteiger partial charge in [-0.05, 0) is 40.5 Å². The zero-order valence-corrected chi connectivity index (χ0v) is 18.0. The van der Waals surface area contributed by atoms with Gasteiger partial charge < -0.3 is 9.97 Å². The molecule has 0 saturated carbocycles.